The molecule has 3 heterocycles. The number of aryl methyl sites for hydroxylation is 1. The third-order valence-electron chi connectivity index (χ3n) is 4.00. The first-order valence-electron chi connectivity index (χ1n) is 7.38. The lowest BCUT2D eigenvalue weighted by atomic mass is 10.2. The Kier molecular flexibility index (Phi) is 3.75. The van der Waals surface area contributed by atoms with Crippen molar-refractivity contribution in [1.82, 2.24) is 19.9 Å². The monoisotopic (exact) mass is 297 g/mol. The van der Waals surface area contributed by atoms with Gasteiger partial charge in [-0.05, 0) is 32.9 Å². The summed E-state index contributed by atoms with van der Waals surface area (Å²) in [5.41, 5.74) is 2.87. The molecule has 0 saturated carbocycles. The maximum absolute atomic E-state index is 12.0. The van der Waals surface area contributed by atoms with Crippen LogP contribution in [-0.2, 0) is 4.79 Å². The number of carbonyl (C=O) groups is 1. The van der Waals surface area contributed by atoms with Crippen molar-refractivity contribution in [3.05, 3.63) is 35.8 Å². The van der Waals surface area contributed by atoms with Crippen molar-refractivity contribution in [2.45, 2.75) is 20.8 Å². The van der Waals surface area contributed by atoms with Crippen LogP contribution in [0.15, 0.2) is 24.5 Å². The molecule has 0 aliphatic carbocycles. The van der Waals surface area contributed by atoms with Crippen LogP contribution in [0.1, 0.15) is 18.2 Å². The van der Waals surface area contributed by atoms with Crippen molar-refractivity contribution in [2.24, 2.45) is 0 Å². The molecule has 0 bridgehead atoms. The number of anilines is 1. The molecule has 6 heteroatoms. The van der Waals surface area contributed by atoms with E-state index in [9.17, 15) is 4.79 Å². The van der Waals surface area contributed by atoms with E-state index in [1.54, 1.807) is 12.4 Å². The molecule has 0 aromatic carbocycles. The van der Waals surface area contributed by atoms with Gasteiger partial charge in [0.1, 0.15) is 12.4 Å². The quantitative estimate of drug-likeness (QED) is 0.864. The molecule has 0 radical (unpaired) electrons. The zero-order valence-electron chi connectivity index (χ0n) is 13.1. The Morgan fingerprint density at radius 1 is 1.18 bits per heavy atom. The lowest BCUT2D eigenvalue weighted by molar-refractivity contribution is -0.126. The van der Waals surface area contributed by atoms with Crippen molar-refractivity contribution in [3.8, 4) is 11.4 Å². The van der Waals surface area contributed by atoms with Gasteiger partial charge in [-0.25, -0.2) is 9.97 Å². The summed E-state index contributed by atoms with van der Waals surface area (Å²) in [7, 11) is 0. The molecular weight excluding hydrogens is 278 g/mol. The maximum atomic E-state index is 12.0. The summed E-state index contributed by atoms with van der Waals surface area (Å²) >= 11 is 0. The number of nitrogens with zero attached hydrogens (tertiary/aromatic N) is 5. The van der Waals surface area contributed by atoms with Gasteiger partial charge in [-0.1, -0.05) is 0 Å². The summed E-state index contributed by atoms with van der Waals surface area (Å²) in [6, 6.07) is 3.78. The summed E-state index contributed by atoms with van der Waals surface area (Å²) < 4.78 is 0. The van der Waals surface area contributed by atoms with E-state index in [0.717, 1.165) is 29.2 Å². The van der Waals surface area contributed by atoms with E-state index < -0.39 is 0 Å². The van der Waals surface area contributed by atoms with Gasteiger partial charge < -0.3 is 9.80 Å². The minimum atomic E-state index is 0.142. The molecule has 1 fully saturated rings. The standard InChI is InChI=1S/C16H19N5O/c1-4-20-10-21(9-14(20)22)16-11(2)12(3)18-15(19-16)13-5-7-17-8-6-13/h5-8H,4,9-10H2,1-3H3. The van der Waals surface area contributed by atoms with E-state index in [4.69, 9.17) is 4.98 Å². The normalized spacial score (nSPS) is 14.8. The van der Waals surface area contributed by atoms with E-state index in [2.05, 4.69) is 9.97 Å². The fourth-order valence-electron chi connectivity index (χ4n) is 2.57. The molecule has 0 spiro atoms. The lowest BCUT2D eigenvalue weighted by Crippen LogP contribution is -2.27. The fourth-order valence-corrected chi connectivity index (χ4v) is 2.57. The van der Waals surface area contributed by atoms with Crippen molar-refractivity contribution < 1.29 is 4.79 Å². The third-order valence-corrected chi connectivity index (χ3v) is 4.00. The number of amides is 1. The summed E-state index contributed by atoms with van der Waals surface area (Å²) in [5, 5.41) is 0. The second kappa shape index (κ2) is 5.71. The first kappa shape index (κ1) is 14.4. The predicted octanol–water partition coefficient (Wildman–Crippen LogP) is 1.78. The number of hydrogen-bond donors (Lipinski definition) is 0. The molecule has 0 atom stereocenters. The molecule has 6 nitrogen and oxygen atoms in total. The highest BCUT2D eigenvalue weighted by atomic mass is 16.2. The molecule has 2 aromatic rings. The molecule has 1 saturated heterocycles. The molecule has 1 amide bonds. The van der Waals surface area contributed by atoms with Crippen molar-refractivity contribution >= 4 is 11.7 Å². The molecule has 3 rings (SSSR count). The molecule has 1 aliphatic rings. The summed E-state index contributed by atoms with van der Waals surface area (Å²) in [4.78, 5) is 29.1. The molecule has 114 valence electrons. The minimum absolute atomic E-state index is 0.142. The van der Waals surface area contributed by atoms with Crippen molar-refractivity contribution in [1.29, 1.82) is 0 Å². The number of rotatable bonds is 3. The molecular formula is C16H19N5O. The van der Waals surface area contributed by atoms with Gasteiger partial charge in [0, 0.05) is 35.8 Å². The largest absolute Gasteiger partial charge is 0.329 e. The number of hydrogen-bond acceptors (Lipinski definition) is 5. The predicted molar refractivity (Wildman–Crippen MR) is 84.3 cm³/mol. The van der Waals surface area contributed by atoms with Gasteiger partial charge in [-0.3, -0.25) is 9.78 Å². The van der Waals surface area contributed by atoms with E-state index >= 15 is 0 Å². The first-order valence-corrected chi connectivity index (χ1v) is 7.38. The summed E-state index contributed by atoms with van der Waals surface area (Å²) in [6.45, 7) is 7.64. The van der Waals surface area contributed by atoms with E-state index in [0.29, 0.717) is 19.0 Å². The molecule has 2 aromatic heterocycles. The second-order valence-corrected chi connectivity index (χ2v) is 5.41. The van der Waals surface area contributed by atoms with E-state index in [1.165, 1.54) is 0 Å². The Labute approximate surface area is 129 Å². The number of pyridine rings is 1. The van der Waals surface area contributed by atoms with Gasteiger partial charge >= 0.3 is 0 Å². The first-order chi connectivity index (χ1) is 10.6. The summed E-state index contributed by atoms with van der Waals surface area (Å²) in [6.07, 6.45) is 3.46. The number of aromatic nitrogens is 3. The van der Waals surface area contributed by atoms with Gasteiger partial charge in [0.2, 0.25) is 5.91 Å². The fraction of sp³-hybridized carbons (Fsp3) is 0.375. The topological polar surface area (TPSA) is 62.2 Å². The van der Waals surface area contributed by atoms with E-state index in [1.807, 2.05) is 42.7 Å². The van der Waals surface area contributed by atoms with Crippen LogP contribution in [0.4, 0.5) is 5.82 Å². The van der Waals surface area contributed by atoms with Gasteiger partial charge in [0.25, 0.3) is 0 Å². The SMILES string of the molecule is CCN1CN(c2nc(-c3ccncc3)nc(C)c2C)CC1=O. The van der Waals surface area contributed by atoms with E-state index in [-0.39, 0.29) is 5.91 Å². The van der Waals surface area contributed by atoms with Crippen LogP contribution in [0.2, 0.25) is 0 Å². The molecule has 0 N–H and O–H groups in total. The van der Waals surface area contributed by atoms with Gasteiger partial charge in [0.05, 0.1) is 6.67 Å². The van der Waals surface area contributed by atoms with Crippen LogP contribution < -0.4 is 4.90 Å². The number of carbonyl (C=O) groups excluding carboxylic acids is 1. The Morgan fingerprint density at radius 2 is 1.91 bits per heavy atom. The van der Waals surface area contributed by atoms with Gasteiger partial charge in [-0.2, -0.15) is 0 Å². The number of likely N-dealkylation sites (N-methyl/N-ethyl adjacent to an activating group) is 1. The zero-order valence-corrected chi connectivity index (χ0v) is 13.1. The smallest absolute Gasteiger partial charge is 0.243 e. The summed E-state index contributed by atoms with van der Waals surface area (Å²) in [5.74, 6) is 1.65. The Morgan fingerprint density at radius 3 is 2.55 bits per heavy atom. The van der Waals surface area contributed by atoms with Gasteiger partial charge in [-0.15, -0.1) is 0 Å². The van der Waals surface area contributed by atoms with Crippen molar-refractivity contribution in [3.63, 3.8) is 0 Å². The third kappa shape index (κ3) is 2.52. The lowest BCUT2D eigenvalue weighted by Gasteiger charge is -2.20. The highest BCUT2D eigenvalue weighted by molar-refractivity contribution is 5.84. The highest BCUT2D eigenvalue weighted by Gasteiger charge is 2.28. The molecule has 0 unspecified atom stereocenters. The molecule has 1 aliphatic heterocycles. The van der Waals surface area contributed by atoms with Crippen LogP contribution in [0.5, 0.6) is 0 Å². The van der Waals surface area contributed by atoms with Crippen LogP contribution >= 0.6 is 0 Å². The van der Waals surface area contributed by atoms with Crippen LogP contribution in [0.3, 0.4) is 0 Å². The average Bonchev–Trinajstić information content (AvgIpc) is 2.91. The highest BCUT2D eigenvalue weighted by Crippen LogP contribution is 2.26. The van der Waals surface area contributed by atoms with Crippen LogP contribution in [0.25, 0.3) is 11.4 Å². The van der Waals surface area contributed by atoms with Crippen molar-refractivity contribution in [2.75, 3.05) is 24.7 Å². The second-order valence-electron chi connectivity index (χ2n) is 5.41. The molecule has 22 heavy (non-hydrogen) atoms. The van der Waals surface area contributed by atoms with Crippen LogP contribution in [0, 0.1) is 13.8 Å². The Hall–Kier alpha value is -2.50. The minimum Gasteiger partial charge on any atom is -0.329 e. The Bertz CT molecular complexity index is 701. The maximum Gasteiger partial charge on any atom is 0.243 e. The average molecular weight is 297 g/mol. The van der Waals surface area contributed by atoms with Gasteiger partial charge in [0.15, 0.2) is 5.82 Å². The zero-order chi connectivity index (χ0) is 15.7. The Balaban J connectivity index is 2.01. The van der Waals surface area contributed by atoms with Crippen LogP contribution in [-0.4, -0.2) is 45.5 Å².